The van der Waals surface area contributed by atoms with Gasteiger partial charge in [0.2, 0.25) is 5.91 Å². The van der Waals surface area contributed by atoms with E-state index in [1.807, 2.05) is 6.07 Å². The first-order chi connectivity index (χ1) is 9.06. The maximum absolute atomic E-state index is 11.8. The van der Waals surface area contributed by atoms with E-state index in [1.165, 1.54) is 4.68 Å². The molecule has 7 heteroatoms. The summed E-state index contributed by atoms with van der Waals surface area (Å²) in [6.45, 7) is 0.103. The number of ether oxygens (including phenoxy) is 1. The molecule has 0 spiro atoms. The standard InChI is InChI=1S/C12H13BrN4O2/c1-19-10-5-8(13)4-9(6-10)15-12(18)7-17-3-2-11(14)16-17/h2-6H,7H2,1H3,(H2,14,16)(H,15,18). The molecule has 0 aliphatic heterocycles. The Balaban J connectivity index is 2.04. The van der Waals surface area contributed by atoms with E-state index < -0.39 is 0 Å². The fourth-order valence-corrected chi connectivity index (χ4v) is 2.04. The number of nitrogens with two attached hydrogens (primary N) is 1. The molecule has 0 fully saturated rings. The van der Waals surface area contributed by atoms with Gasteiger partial charge in [-0.25, -0.2) is 0 Å². The molecule has 0 unspecified atom stereocenters. The second-order valence-electron chi connectivity index (χ2n) is 3.87. The Hall–Kier alpha value is -2.02. The summed E-state index contributed by atoms with van der Waals surface area (Å²) in [5.41, 5.74) is 6.13. The Bertz CT molecular complexity index is 597. The van der Waals surface area contributed by atoms with Crippen LogP contribution in [-0.2, 0) is 11.3 Å². The monoisotopic (exact) mass is 324 g/mol. The predicted octanol–water partition coefficient (Wildman–Crippen LogP) is 1.88. The van der Waals surface area contributed by atoms with Crippen LogP contribution < -0.4 is 15.8 Å². The number of aromatic nitrogens is 2. The number of nitrogens with zero attached hydrogens (tertiary/aromatic N) is 2. The number of rotatable bonds is 4. The molecule has 6 nitrogen and oxygen atoms in total. The summed E-state index contributed by atoms with van der Waals surface area (Å²) in [5, 5.41) is 6.71. The maximum atomic E-state index is 11.8. The van der Waals surface area contributed by atoms with Crippen molar-refractivity contribution in [2.75, 3.05) is 18.2 Å². The highest BCUT2D eigenvalue weighted by Gasteiger charge is 2.06. The van der Waals surface area contributed by atoms with Gasteiger partial charge in [0.05, 0.1) is 7.11 Å². The van der Waals surface area contributed by atoms with Crippen molar-refractivity contribution >= 4 is 33.3 Å². The quantitative estimate of drug-likeness (QED) is 0.899. The minimum Gasteiger partial charge on any atom is -0.497 e. The van der Waals surface area contributed by atoms with E-state index in [0.29, 0.717) is 17.3 Å². The van der Waals surface area contributed by atoms with Gasteiger partial charge in [-0.15, -0.1) is 0 Å². The number of hydrogen-bond acceptors (Lipinski definition) is 4. The van der Waals surface area contributed by atoms with Gasteiger partial charge in [-0.3, -0.25) is 9.48 Å². The first kappa shape index (κ1) is 13.4. The number of hydrogen-bond donors (Lipinski definition) is 2. The van der Waals surface area contributed by atoms with Crippen LogP contribution in [0.1, 0.15) is 0 Å². The third-order valence-corrected chi connectivity index (χ3v) is 2.82. The largest absolute Gasteiger partial charge is 0.497 e. The van der Waals surface area contributed by atoms with Crippen LogP contribution in [0.15, 0.2) is 34.9 Å². The number of methoxy groups -OCH3 is 1. The van der Waals surface area contributed by atoms with Crippen LogP contribution in [0.2, 0.25) is 0 Å². The smallest absolute Gasteiger partial charge is 0.246 e. The molecule has 19 heavy (non-hydrogen) atoms. The lowest BCUT2D eigenvalue weighted by atomic mass is 10.3. The molecule has 0 saturated heterocycles. The lowest BCUT2D eigenvalue weighted by molar-refractivity contribution is -0.116. The van der Waals surface area contributed by atoms with E-state index in [4.69, 9.17) is 10.5 Å². The summed E-state index contributed by atoms with van der Waals surface area (Å²) in [6, 6.07) is 6.97. The molecule has 3 N–H and O–H groups in total. The Morgan fingerprint density at radius 3 is 2.95 bits per heavy atom. The number of anilines is 2. The molecular formula is C12H13BrN4O2. The number of carbonyl (C=O) groups is 1. The fourth-order valence-electron chi connectivity index (χ4n) is 1.57. The average molecular weight is 325 g/mol. The van der Waals surface area contributed by atoms with Crippen LogP contribution in [0.3, 0.4) is 0 Å². The van der Waals surface area contributed by atoms with Crippen LogP contribution in [0, 0.1) is 0 Å². The topological polar surface area (TPSA) is 82.2 Å². The van der Waals surface area contributed by atoms with Crippen molar-refractivity contribution in [3.63, 3.8) is 0 Å². The van der Waals surface area contributed by atoms with E-state index in [2.05, 4.69) is 26.3 Å². The van der Waals surface area contributed by atoms with Gasteiger partial charge in [0.25, 0.3) is 0 Å². The summed E-state index contributed by atoms with van der Waals surface area (Å²) in [4.78, 5) is 11.8. The number of benzene rings is 1. The second kappa shape index (κ2) is 5.75. The van der Waals surface area contributed by atoms with Crippen LogP contribution in [0.4, 0.5) is 11.5 Å². The number of nitrogen functional groups attached to an aromatic ring is 1. The van der Waals surface area contributed by atoms with Gasteiger partial charge >= 0.3 is 0 Å². The van der Waals surface area contributed by atoms with Gasteiger partial charge < -0.3 is 15.8 Å². The highest BCUT2D eigenvalue weighted by atomic mass is 79.9. The number of amides is 1. The lowest BCUT2D eigenvalue weighted by Gasteiger charge is -2.08. The molecule has 2 aromatic rings. The molecule has 0 saturated carbocycles. The molecule has 100 valence electrons. The molecule has 0 aliphatic carbocycles. The van der Waals surface area contributed by atoms with Crippen molar-refractivity contribution in [3.05, 3.63) is 34.9 Å². The fraction of sp³-hybridized carbons (Fsp3) is 0.167. The van der Waals surface area contributed by atoms with Gasteiger partial charge in [-0.2, -0.15) is 5.10 Å². The Labute approximate surface area is 118 Å². The van der Waals surface area contributed by atoms with Gasteiger partial charge in [-0.1, -0.05) is 15.9 Å². The number of halogens is 1. The summed E-state index contributed by atoms with van der Waals surface area (Å²) in [7, 11) is 1.57. The minimum atomic E-state index is -0.191. The first-order valence-corrected chi connectivity index (χ1v) is 6.29. The van der Waals surface area contributed by atoms with E-state index in [0.717, 1.165) is 4.47 Å². The van der Waals surface area contributed by atoms with E-state index in [-0.39, 0.29) is 12.5 Å². The van der Waals surface area contributed by atoms with E-state index >= 15 is 0 Å². The zero-order chi connectivity index (χ0) is 13.8. The summed E-state index contributed by atoms with van der Waals surface area (Å²) >= 11 is 3.35. The zero-order valence-electron chi connectivity index (χ0n) is 10.3. The highest BCUT2D eigenvalue weighted by molar-refractivity contribution is 9.10. The molecule has 1 aromatic carbocycles. The van der Waals surface area contributed by atoms with Gasteiger partial charge in [0.1, 0.15) is 18.1 Å². The van der Waals surface area contributed by atoms with Crippen molar-refractivity contribution in [1.82, 2.24) is 9.78 Å². The van der Waals surface area contributed by atoms with Crippen LogP contribution >= 0.6 is 15.9 Å². The van der Waals surface area contributed by atoms with Crippen molar-refractivity contribution in [2.45, 2.75) is 6.54 Å². The maximum Gasteiger partial charge on any atom is 0.246 e. The molecule has 2 rings (SSSR count). The van der Waals surface area contributed by atoms with Crippen molar-refractivity contribution in [3.8, 4) is 5.75 Å². The highest BCUT2D eigenvalue weighted by Crippen LogP contribution is 2.24. The van der Waals surface area contributed by atoms with Crippen LogP contribution in [-0.4, -0.2) is 22.8 Å². The number of nitrogens with one attached hydrogen (secondary N) is 1. The third kappa shape index (κ3) is 3.72. The zero-order valence-corrected chi connectivity index (χ0v) is 11.8. The molecule has 1 amide bonds. The third-order valence-electron chi connectivity index (χ3n) is 2.36. The summed E-state index contributed by atoms with van der Waals surface area (Å²) in [6.07, 6.45) is 1.65. The summed E-state index contributed by atoms with van der Waals surface area (Å²) < 4.78 is 7.42. The van der Waals surface area contributed by atoms with E-state index in [9.17, 15) is 4.79 Å². The molecule has 0 bridgehead atoms. The molecule has 1 aromatic heterocycles. The van der Waals surface area contributed by atoms with Gasteiger partial charge in [0, 0.05) is 22.4 Å². The van der Waals surface area contributed by atoms with Crippen LogP contribution in [0.5, 0.6) is 5.75 Å². The molecule has 0 aliphatic rings. The van der Waals surface area contributed by atoms with E-state index in [1.54, 1.807) is 31.5 Å². The Kier molecular flexibility index (Phi) is 4.06. The molecule has 0 radical (unpaired) electrons. The SMILES string of the molecule is COc1cc(Br)cc(NC(=O)Cn2ccc(N)n2)c1. The predicted molar refractivity (Wildman–Crippen MR) is 76.0 cm³/mol. The number of carbonyl (C=O) groups excluding carboxylic acids is 1. The van der Waals surface area contributed by atoms with Crippen molar-refractivity contribution in [1.29, 1.82) is 0 Å². The lowest BCUT2D eigenvalue weighted by Crippen LogP contribution is -2.19. The van der Waals surface area contributed by atoms with Gasteiger partial charge in [-0.05, 0) is 18.2 Å². The first-order valence-electron chi connectivity index (χ1n) is 5.50. The molecule has 1 heterocycles. The van der Waals surface area contributed by atoms with Crippen LogP contribution in [0.25, 0.3) is 0 Å². The Morgan fingerprint density at radius 1 is 1.53 bits per heavy atom. The second-order valence-corrected chi connectivity index (χ2v) is 4.78. The van der Waals surface area contributed by atoms with Gasteiger partial charge in [0.15, 0.2) is 0 Å². The molecule has 0 atom stereocenters. The van der Waals surface area contributed by atoms with Crippen molar-refractivity contribution in [2.24, 2.45) is 0 Å². The Morgan fingerprint density at radius 2 is 2.32 bits per heavy atom. The van der Waals surface area contributed by atoms with Crippen molar-refractivity contribution < 1.29 is 9.53 Å². The minimum absolute atomic E-state index is 0.103. The average Bonchev–Trinajstić information content (AvgIpc) is 2.73. The summed E-state index contributed by atoms with van der Waals surface area (Å²) in [5.74, 6) is 0.855. The normalized spacial score (nSPS) is 10.2. The molecular weight excluding hydrogens is 312 g/mol.